The van der Waals surface area contributed by atoms with Crippen molar-refractivity contribution in [1.82, 2.24) is 15.3 Å². The van der Waals surface area contributed by atoms with Crippen LogP contribution in [0.1, 0.15) is 35.3 Å². The lowest BCUT2D eigenvalue weighted by Gasteiger charge is -2.19. The van der Waals surface area contributed by atoms with Crippen LogP contribution < -0.4 is 19.7 Å². The van der Waals surface area contributed by atoms with Crippen molar-refractivity contribution in [2.24, 2.45) is 0 Å². The van der Waals surface area contributed by atoms with E-state index in [1.54, 1.807) is 20.3 Å². The molecule has 3 rings (SSSR count). The molecule has 35 heavy (non-hydrogen) atoms. The summed E-state index contributed by atoms with van der Waals surface area (Å²) in [6, 6.07) is 15.3. The zero-order chi connectivity index (χ0) is 25.4. The average Bonchev–Trinajstić information content (AvgIpc) is 2.85. The predicted octanol–water partition coefficient (Wildman–Crippen LogP) is 5.26. The summed E-state index contributed by atoms with van der Waals surface area (Å²) < 4.78 is 10.7. The Hall–Kier alpha value is -2.97. The Kier molecular flexibility index (Phi) is 9.63. The number of benzene rings is 2. The Morgan fingerprint density at radius 3 is 2.54 bits per heavy atom. The number of carbonyl (C=O) groups excluding carboxylic acids is 1. The number of nitrogens with zero attached hydrogens (tertiary/aromatic N) is 3. The van der Waals surface area contributed by atoms with E-state index in [1.807, 2.05) is 68.3 Å². The average molecular weight is 515 g/mol. The summed E-state index contributed by atoms with van der Waals surface area (Å²) >= 11 is 7.79. The molecule has 0 spiro atoms. The summed E-state index contributed by atoms with van der Waals surface area (Å²) in [5, 5.41) is 3.89. The number of methoxy groups -OCH3 is 2. The predicted molar refractivity (Wildman–Crippen MR) is 142 cm³/mol. The summed E-state index contributed by atoms with van der Waals surface area (Å²) in [6.07, 6.45) is 0.798. The molecular weight excluding hydrogens is 484 g/mol. The van der Waals surface area contributed by atoms with E-state index in [1.165, 1.54) is 11.8 Å². The molecule has 0 aliphatic heterocycles. The van der Waals surface area contributed by atoms with Gasteiger partial charge in [-0.3, -0.25) is 4.79 Å². The molecule has 2 aromatic carbocycles. The number of halogens is 1. The van der Waals surface area contributed by atoms with Gasteiger partial charge in [-0.25, -0.2) is 9.97 Å². The molecule has 0 saturated heterocycles. The molecule has 186 valence electrons. The third-order valence-corrected chi connectivity index (χ3v) is 6.32. The van der Waals surface area contributed by atoms with Crippen LogP contribution in [-0.4, -0.2) is 49.7 Å². The van der Waals surface area contributed by atoms with Crippen LogP contribution in [0.4, 0.5) is 5.82 Å². The van der Waals surface area contributed by atoms with Gasteiger partial charge in [0.05, 0.1) is 14.2 Å². The highest BCUT2D eigenvalue weighted by molar-refractivity contribution is 7.98. The Bertz CT molecular complexity index is 1160. The third-order valence-electron chi connectivity index (χ3n) is 5.21. The first-order valence-corrected chi connectivity index (χ1v) is 12.6. The number of carbonyl (C=O) groups is 1. The van der Waals surface area contributed by atoms with Crippen molar-refractivity contribution in [3.05, 3.63) is 70.4 Å². The monoisotopic (exact) mass is 514 g/mol. The molecule has 1 heterocycles. The zero-order valence-corrected chi connectivity index (χ0v) is 22.2. The van der Waals surface area contributed by atoms with Crippen LogP contribution in [-0.2, 0) is 12.2 Å². The molecule has 1 amide bonds. The van der Waals surface area contributed by atoms with Gasteiger partial charge in [0.2, 0.25) is 0 Å². The van der Waals surface area contributed by atoms with E-state index in [4.69, 9.17) is 21.1 Å². The SMILES string of the molecule is COc1ccc(CCN(C)c2cc(Cl)nc(SCc3cccc(C(=O)NC(C)C)c3)n2)cc1OC. The maximum Gasteiger partial charge on any atom is 0.251 e. The van der Waals surface area contributed by atoms with Crippen LogP contribution in [0.2, 0.25) is 5.15 Å². The quantitative estimate of drug-likeness (QED) is 0.212. The molecule has 0 aliphatic rings. The molecule has 0 unspecified atom stereocenters. The minimum Gasteiger partial charge on any atom is -0.493 e. The summed E-state index contributed by atoms with van der Waals surface area (Å²) in [5.41, 5.74) is 2.78. The second-order valence-electron chi connectivity index (χ2n) is 8.31. The lowest BCUT2D eigenvalue weighted by Crippen LogP contribution is -2.30. The molecule has 0 bridgehead atoms. The molecule has 1 aromatic heterocycles. The van der Waals surface area contributed by atoms with E-state index < -0.39 is 0 Å². The number of hydrogen-bond donors (Lipinski definition) is 1. The van der Waals surface area contributed by atoms with Crippen molar-refractivity contribution in [3.8, 4) is 11.5 Å². The fraction of sp³-hybridized carbons (Fsp3) is 0.346. The highest BCUT2D eigenvalue weighted by Gasteiger charge is 2.12. The number of likely N-dealkylation sites (N-methyl/N-ethyl adjacent to an activating group) is 1. The summed E-state index contributed by atoms with van der Waals surface area (Å²) in [7, 11) is 5.23. The number of aromatic nitrogens is 2. The molecule has 7 nitrogen and oxygen atoms in total. The largest absolute Gasteiger partial charge is 0.493 e. The highest BCUT2D eigenvalue weighted by atomic mass is 35.5. The molecular formula is C26H31ClN4O3S. The van der Waals surface area contributed by atoms with Crippen LogP contribution in [0.5, 0.6) is 11.5 Å². The summed E-state index contributed by atoms with van der Waals surface area (Å²) in [4.78, 5) is 23.4. The maximum absolute atomic E-state index is 12.3. The molecule has 3 aromatic rings. The molecule has 0 fully saturated rings. The number of nitrogens with one attached hydrogen (secondary N) is 1. The van der Waals surface area contributed by atoms with Crippen LogP contribution in [0, 0.1) is 0 Å². The molecule has 0 aliphatic carbocycles. The first-order chi connectivity index (χ1) is 16.8. The van der Waals surface area contributed by atoms with E-state index >= 15 is 0 Å². The van der Waals surface area contributed by atoms with Crippen molar-refractivity contribution < 1.29 is 14.3 Å². The van der Waals surface area contributed by atoms with E-state index in [-0.39, 0.29) is 11.9 Å². The van der Waals surface area contributed by atoms with Gasteiger partial charge in [0, 0.05) is 37.0 Å². The topological polar surface area (TPSA) is 76.6 Å². The second-order valence-corrected chi connectivity index (χ2v) is 9.64. The van der Waals surface area contributed by atoms with Crippen molar-refractivity contribution >= 4 is 35.1 Å². The Balaban J connectivity index is 1.64. The number of thioether (sulfide) groups is 1. The number of anilines is 1. The van der Waals surface area contributed by atoms with Crippen molar-refractivity contribution in [1.29, 1.82) is 0 Å². The van der Waals surface area contributed by atoms with Gasteiger partial charge in [-0.15, -0.1) is 0 Å². The summed E-state index contributed by atoms with van der Waals surface area (Å²) in [6.45, 7) is 4.62. The minimum absolute atomic E-state index is 0.0794. The number of amides is 1. The molecule has 0 radical (unpaired) electrons. The maximum atomic E-state index is 12.3. The van der Waals surface area contributed by atoms with Crippen LogP contribution in [0.25, 0.3) is 0 Å². The van der Waals surface area contributed by atoms with Crippen LogP contribution in [0.15, 0.2) is 53.7 Å². The number of ether oxygens (including phenoxy) is 2. The van der Waals surface area contributed by atoms with E-state index in [0.717, 1.165) is 29.9 Å². The second kappa shape index (κ2) is 12.7. The smallest absolute Gasteiger partial charge is 0.251 e. The first-order valence-electron chi connectivity index (χ1n) is 11.3. The summed E-state index contributed by atoms with van der Waals surface area (Å²) in [5.74, 6) is 2.71. The van der Waals surface area contributed by atoms with Crippen LogP contribution in [0.3, 0.4) is 0 Å². The molecule has 1 N–H and O–H groups in total. The van der Waals surface area contributed by atoms with E-state index in [9.17, 15) is 4.79 Å². The van der Waals surface area contributed by atoms with E-state index in [2.05, 4.69) is 15.3 Å². The van der Waals surface area contributed by atoms with Gasteiger partial charge in [-0.05, 0) is 55.7 Å². The molecule has 9 heteroatoms. The van der Waals surface area contributed by atoms with Gasteiger partial charge < -0.3 is 19.7 Å². The zero-order valence-electron chi connectivity index (χ0n) is 20.7. The standard InChI is InChI=1S/C26H31ClN4O3S/c1-17(2)28-25(32)20-8-6-7-19(13-20)16-35-26-29-23(27)15-24(30-26)31(3)12-11-18-9-10-21(33-4)22(14-18)34-5/h6-10,13-15,17H,11-12,16H2,1-5H3,(H,28,32). The highest BCUT2D eigenvalue weighted by Crippen LogP contribution is 2.28. The molecule has 0 atom stereocenters. The van der Waals surface area contributed by atoms with Crippen molar-refractivity contribution in [2.75, 3.05) is 32.7 Å². The van der Waals surface area contributed by atoms with E-state index in [0.29, 0.717) is 33.1 Å². The third kappa shape index (κ3) is 7.77. The van der Waals surface area contributed by atoms with Gasteiger partial charge in [-0.2, -0.15) is 0 Å². The lowest BCUT2D eigenvalue weighted by molar-refractivity contribution is 0.0943. The fourth-order valence-corrected chi connectivity index (χ4v) is 4.41. The van der Waals surface area contributed by atoms with Gasteiger partial charge in [-0.1, -0.05) is 41.6 Å². The van der Waals surface area contributed by atoms with Crippen LogP contribution >= 0.6 is 23.4 Å². The normalized spacial score (nSPS) is 10.8. The first kappa shape index (κ1) is 26.6. The molecule has 0 saturated carbocycles. The van der Waals surface area contributed by atoms with Crippen molar-refractivity contribution in [2.45, 2.75) is 37.2 Å². The lowest BCUT2D eigenvalue weighted by atomic mass is 10.1. The minimum atomic E-state index is -0.0794. The van der Waals surface area contributed by atoms with Gasteiger partial charge in [0.25, 0.3) is 5.91 Å². The van der Waals surface area contributed by atoms with Gasteiger partial charge in [0.15, 0.2) is 16.7 Å². The Morgan fingerprint density at radius 2 is 1.83 bits per heavy atom. The number of rotatable bonds is 11. The fourth-order valence-electron chi connectivity index (χ4n) is 3.39. The van der Waals surface area contributed by atoms with Gasteiger partial charge in [0.1, 0.15) is 11.0 Å². The van der Waals surface area contributed by atoms with Gasteiger partial charge >= 0.3 is 0 Å². The Morgan fingerprint density at radius 1 is 1.06 bits per heavy atom. The van der Waals surface area contributed by atoms with Crippen molar-refractivity contribution in [3.63, 3.8) is 0 Å². The number of hydrogen-bond acceptors (Lipinski definition) is 7. The Labute approximate surface area is 216 Å².